The van der Waals surface area contributed by atoms with E-state index in [1.807, 2.05) is 19.1 Å². The Morgan fingerprint density at radius 3 is 2.29 bits per heavy atom. The molecule has 1 saturated heterocycles. The van der Waals surface area contributed by atoms with Crippen molar-refractivity contribution in [1.29, 1.82) is 0 Å². The summed E-state index contributed by atoms with van der Waals surface area (Å²) in [6.45, 7) is 10.4. The first-order valence-corrected chi connectivity index (χ1v) is 9.03. The number of aromatic nitrogens is 2. The number of rotatable bonds is 5. The number of hydrogen-bond acceptors (Lipinski definition) is 5. The van der Waals surface area contributed by atoms with Crippen molar-refractivity contribution in [3.8, 4) is 0 Å². The maximum atomic E-state index is 6.35. The van der Waals surface area contributed by atoms with Crippen LogP contribution in [0.1, 0.15) is 50.1 Å². The average molecular weight is 349 g/mol. The number of aryl methyl sites for hydroxylation is 1. The summed E-state index contributed by atoms with van der Waals surface area (Å²) in [6.07, 6.45) is 0.805. The van der Waals surface area contributed by atoms with Gasteiger partial charge in [-0.2, -0.15) is 4.98 Å². The van der Waals surface area contributed by atoms with Crippen molar-refractivity contribution in [2.24, 2.45) is 0 Å². The molecule has 0 bridgehead atoms. The first kappa shape index (κ1) is 17.4. The third-order valence-corrected chi connectivity index (χ3v) is 5.30. The van der Waals surface area contributed by atoms with E-state index in [9.17, 15) is 0 Å². The van der Waals surface area contributed by atoms with Gasteiger partial charge in [0, 0.05) is 43.7 Å². The minimum absolute atomic E-state index is 0.163. The molecule has 2 heterocycles. The molecule has 1 aliphatic heterocycles. The van der Waals surface area contributed by atoms with E-state index in [1.165, 1.54) is 5.56 Å². The number of hydrogen-bond donors (Lipinski definition) is 0. The van der Waals surface area contributed by atoms with Crippen molar-refractivity contribution in [1.82, 2.24) is 19.9 Å². The van der Waals surface area contributed by atoms with Crippen LogP contribution < -0.4 is 0 Å². The summed E-state index contributed by atoms with van der Waals surface area (Å²) < 4.78 is 5.40. The lowest BCUT2D eigenvalue weighted by Gasteiger charge is -2.40. The third kappa shape index (κ3) is 3.63. The largest absolute Gasteiger partial charge is 0.338 e. The predicted molar refractivity (Wildman–Crippen MR) is 95.1 cm³/mol. The van der Waals surface area contributed by atoms with Crippen LogP contribution in [-0.4, -0.2) is 46.1 Å². The second-order valence-corrected chi connectivity index (χ2v) is 6.75. The van der Waals surface area contributed by atoms with Crippen LogP contribution in [0.3, 0.4) is 0 Å². The Bertz CT molecular complexity index is 667. The smallest absolute Gasteiger partial charge is 0.243 e. The predicted octanol–water partition coefficient (Wildman–Crippen LogP) is 3.73. The third-order valence-electron chi connectivity index (χ3n) is 4.96. The van der Waals surface area contributed by atoms with E-state index in [0.717, 1.165) is 49.3 Å². The minimum atomic E-state index is 0.163. The second kappa shape index (κ2) is 7.64. The molecule has 5 nitrogen and oxygen atoms in total. The highest BCUT2D eigenvalue weighted by atomic mass is 35.5. The van der Waals surface area contributed by atoms with Gasteiger partial charge in [0.05, 0.1) is 6.04 Å². The molecule has 24 heavy (non-hydrogen) atoms. The van der Waals surface area contributed by atoms with Gasteiger partial charge in [0.2, 0.25) is 5.89 Å². The molecule has 1 aliphatic rings. The Kier molecular flexibility index (Phi) is 5.54. The second-order valence-electron chi connectivity index (χ2n) is 6.35. The quantitative estimate of drug-likeness (QED) is 0.824. The molecule has 6 heteroatoms. The summed E-state index contributed by atoms with van der Waals surface area (Å²) in [5.74, 6) is 1.50. The molecule has 0 spiro atoms. The van der Waals surface area contributed by atoms with Crippen LogP contribution >= 0.6 is 11.6 Å². The van der Waals surface area contributed by atoms with Crippen LogP contribution in [0.4, 0.5) is 0 Å². The molecule has 2 unspecified atom stereocenters. The van der Waals surface area contributed by atoms with Crippen molar-refractivity contribution < 1.29 is 4.52 Å². The van der Waals surface area contributed by atoms with Crippen molar-refractivity contribution in [3.05, 3.63) is 46.6 Å². The topological polar surface area (TPSA) is 45.4 Å². The highest BCUT2D eigenvalue weighted by Gasteiger charge is 2.28. The fourth-order valence-electron chi connectivity index (χ4n) is 3.26. The molecule has 2 atom stereocenters. The molecule has 0 aliphatic carbocycles. The van der Waals surface area contributed by atoms with Gasteiger partial charge in [-0.15, -0.1) is 0 Å². The van der Waals surface area contributed by atoms with Gasteiger partial charge in [-0.3, -0.25) is 9.80 Å². The fourth-order valence-corrected chi connectivity index (χ4v) is 3.55. The molecular formula is C18H25ClN4O. The lowest BCUT2D eigenvalue weighted by atomic mass is 10.1. The van der Waals surface area contributed by atoms with Crippen molar-refractivity contribution in [2.45, 2.75) is 39.3 Å². The molecular weight excluding hydrogens is 324 g/mol. The van der Waals surface area contributed by atoms with Crippen molar-refractivity contribution in [2.75, 3.05) is 26.2 Å². The molecule has 0 saturated carbocycles. The average Bonchev–Trinajstić information content (AvgIpc) is 3.10. The zero-order chi connectivity index (χ0) is 17.1. The summed E-state index contributed by atoms with van der Waals surface area (Å²) in [5.41, 5.74) is 1.20. The standard InChI is InChI=1S/C18H25ClN4O/c1-4-17-20-18(24-21-17)14(3)23-11-9-22(10-12-23)13(2)15-7-5-6-8-16(15)19/h5-8,13-14H,4,9-12H2,1-3H3. The van der Waals surface area contributed by atoms with Crippen molar-refractivity contribution in [3.63, 3.8) is 0 Å². The van der Waals surface area contributed by atoms with Crippen LogP contribution in [0, 0.1) is 0 Å². The minimum Gasteiger partial charge on any atom is -0.338 e. The van der Waals surface area contributed by atoms with E-state index in [2.05, 4.69) is 45.9 Å². The Hall–Kier alpha value is -1.43. The lowest BCUT2D eigenvalue weighted by Crippen LogP contribution is -2.47. The molecule has 1 aromatic carbocycles. The number of piperazine rings is 1. The maximum absolute atomic E-state index is 6.35. The molecule has 3 rings (SSSR count). The molecule has 130 valence electrons. The number of benzene rings is 1. The highest BCUT2D eigenvalue weighted by molar-refractivity contribution is 6.31. The number of nitrogens with zero attached hydrogens (tertiary/aromatic N) is 4. The van der Waals surface area contributed by atoms with Gasteiger partial charge < -0.3 is 4.52 Å². The molecule has 1 aromatic heterocycles. The van der Waals surface area contributed by atoms with Crippen LogP contribution in [0.15, 0.2) is 28.8 Å². The Balaban J connectivity index is 1.60. The summed E-state index contributed by atoms with van der Waals surface area (Å²) in [7, 11) is 0. The Morgan fingerprint density at radius 1 is 1.08 bits per heavy atom. The maximum Gasteiger partial charge on any atom is 0.243 e. The van der Waals surface area contributed by atoms with E-state index < -0.39 is 0 Å². The van der Waals surface area contributed by atoms with E-state index in [1.54, 1.807) is 0 Å². The van der Waals surface area contributed by atoms with Gasteiger partial charge in [-0.25, -0.2) is 0 Å². The summed E-state index contributed by atoms with van der Waals surface area (Å²) in [5, 5.41) is 4.85. The Labute approximate surface area is 148 Å². The molecule has 1 fully saturated rings. The SMILES string of the molecule is CCc1noc(C(C)N2CCN(C(C)c3ccccc3Cl)CC2)n1. The van der Waals surface area contributed by atoms with Crippen molar-refractivity contribution >= 4 is 11.6 Å². The van der Waals surface area contributed by atoms with Gasteiger partial charge in [-0.05, 0) is 25.5 Å². The fraction of sp³-hybridized carbons (Fsp3) is 0.556. The van der Waals surface area contributed by atoms with Gasteiger partial charge in [-0.1, -0.05) is 41.9 Å². The first-order chi connectivity index (χ1) is 11.6. The van der Waals surface area contributed by atoms with Crippen LogP contribution in [0.5, 0.6) is 0 Å². The van der Waals surface area contributed by atoms with Gasteiger partial charge in [0.25, 0.3) is 0 Å². The highest BCUT2D eigenvalue weighted by Crippen LogP contribution is 2.29. The lowest BCUT2D eigenvalue weighted by molar-refractivity contribution is 0.0678. The Morgan fingerprint density at radius 2 is 1.71 bits per heavy atom. The van der Waals surface area contributed by atoms with E-state index in [4.69, 9.17) is 16.1 Å². The molecule has 2 aromatic rings. The first-order valence-electron chi connectivity index (χ1n) is 8.65. The number of halogens is 1. The molecule has 0 N–H and O–H groups in total. The summed E-state index contributed by atoms with van der Waals surface area (Å²) >= 11 is 6.35. The van der Waals surface area contributed by atoms with E-state index in [0.29, 0.717) is 6.04 Å². The summed E-state index contributed by atoms with van der Waals surface area (Å²) in [6, 6.07) is 8.60. The van der Waals surface area contributed by atoms with E-state index in [-0.39, 0.29) is 6.04 Å². The molecule has 0 amide bonds. The van der Waals surface area contributed by atoms with E-state index >= 15 is 0 Å². The van der Waals surface area contributed by atoms with Gasteiger partial charge >= 0.3 is 0 Å². The van der Waals surface area contributed by atoms with Crippen LogP contribution in [0.25, 0.3) is 0 Å². The zero-order valence-corrected chi connectivity index (χ0v) is 15.3. The normalized spacial score (nSPS) is 19.3. The summed E-state index contributed by atoms with van der Waals surface area (Å²) in [4.78, 5) is 9.35. The van der Waals surface area contributed by atoms with Gasteiger partial charge in [0.1, 0.15) is 0 Å². The van der Waals surface area contributed by atoms with Gasteiger partial charge in [0.15, 0.2) is 5.82 Å². The zero-order valence-electron chi connectivity index (χ0n) is 14.6. The monoisotopic (exact) mass is 348 g/mol. The molecule has 0 radical (unpaired) electrons. The van der Waals surface area contributed by atoms with Crippen LogP contribution in [0.2, 0.25) is 5.02 Å². The van der Waals surface area contributed by atoms with Crippen LogP contribution in [-0.2, 0) is 6.42 Å².